The van der Waals surface area contributed by atoms with Gasteiger partial charge in [-0.2, -0.15) is 0 Å². The molecule has 2 aromatic rings. The van der Waals surface area contributed by atoms with Gasteiger partial charge in [0.25, 0.3) is 5.91 Å². The number of amides is 1. The fourth-order valence-corrected chi connectivity index (χ4v) is 2.37. The molecular formula is C12H10ClNO2S. The molecule has 0 aliphatic rings. The Balaban J connectivity index is 2.19. The number of rotatable bonds is 2. The second kappa shape index (κ2) is 4.77. The molecule has 0 bridgehead atoms. The van der Waals surface area contributed by atoms with Crippen LogP contribution in [0.1, 0.15) is 15.2 Å². The molecule has 1 amide bonds. The summed E-state index contributed by atoms with van der Waals surface area (Å²) in [5.74, 6) is -0.117. The smallest absolute Gasteiger partial charge is 0.267 e. The van der Waals surface area contributed by atoms with Crippen molar-refractivity contribution < 1.29 is 9.90 Å². The summed E-state index contributed by atoms with van der Waals surface area (Å²) in [5, 5.41) is 14.4. The lowest BCUT2D eigenvalue weighted by Crippen LogP contribution is -2.10. The third-order valence-corrected chi connectivity index (χ3v) is 3.63. The predicted molar refractivity (Wildman–Crippen MR) is 70.1 cm³/mol. The quantitative estimate of drug-likeness (QED) is 0.872. The molecule has 1 aromatic heterocycles. The minimum absolute atomic E-state index is 0.153. The Bertz CT molecular complexity index is 565. The van der Waals surface area contributed by atoms with Gasteiger partial charge in [-0.25, -0.2) is 0 Å². The van der Waals surface area contributed by atoms with E-state index in [0.717, 1.165) is 5.56 Å². The number of hydrogen-bond acceptors (Lipinski definition) is 3. The lowest BCUT2D eigenvalue weighted by Gasteiger charge is -2.06. The first-order valence-electron chi connectivity index (χ1n) is 4.92. The SMILES string of the molecule is Cc1ccc(NC(=O)c2sccc2Cl)cc1O. The van der Waals surface area contributed by atoms with Crippen LogP contribution in [0, 0.1) is 6.92 Å². The number of phenols is 1. The molecule has 3 nitrogen and oxygen atoms in total. The Morgan fingerprint density at radius 2 is 2.18 bits per heavy atom. The molecule has 0 aliphatic carbocycles. The van der Waals surface area contributed by atoms with Crippen LogP contribution in [0.2, 0.25) is 5.02 Å². The van der Waals surface area contributed by atoms with E-state index >= 15 is 0 Å². The first-order valence-corrected chi connectivity index (χ1v) is 6.17. The van der Waals surface area contributed by atoms with Crippen molar-refractivity contribution in [1.29, 1.82) is 0 Å². The monoisotopic (exact) mass is 267 g/mol. The first-order chi connectivity index (χ1) is 8.08. The van der Waals surface area contributed by atoms with E-state index in [4.69, 9.17) is 11.6 Å². The minimum Gasteiger partial charge on any atom is -0.508 e. The van der Waals surface area contributed by atoms with E-state index < -0.39 is 0 Å². The van der Waals surface area contributed by atoms with Crippen molar-refractivity contribution in [3.63, 3.8) is 0 Å². The highest BCUT2D eigenvalue weighted by molar-refractivity contribution is 7.12. The van der Waals surface area contributed by atoms with Crippen LogP contribution in [0.5, 0.6) is 5.75 Å². The summed E-state index contributed by atoms with van der Waals surface area (Å²) in [6, 6.07) is 6.65. The largest absolute Gasteiger partial charge is 0.508 e. The maximum absolute atomic E-state index is 11.8. The summed E-state index contributed by atoms with van der Waals surface area (Å²) < 4.78 is 0. The summed E-state index contributed by atoms with van der Waals surface area (Å²) in [6.45, 7) is 1.79. The molecule has 0 atom stereocenters. The third-order valence-electron chi connectivity index (χ3n) is 2.29. The average Bonchev–Trinajstić information content (AvgIpc) is 2.70. The summed E-state index contributed by atoms with van der Waals surface area (Å²) >= 11 is 7.14. The Hall–Kier alpha value is -1.52. The van der Waals surface area contributed by atoms with Crippen LogP contribution in [0.25, 0.3) is 0 Å². The normalized spacial score (nSPS) is 10.2. The summed E-state index contributed by atoms with van der Waals surface area (Å²) in [7, 11) is 0. The first kappa shape index (κ1) is 12.0. The van der Waals surface area contributed by atoms with Crippen molar-refractivity contribution in [3.05, 3.63) is 45.1 Å². The van der Waals surface area contributed by atoms with Crippen LogP contribution in [0.3, 0.4) is 0 Å². The number of halogens is 1. The molecular weight excluding hydrogens is 258 g/mol. The van der Waals surface area contributed by atoms with Gasteiger partial charge in [0.1, 0.15) is 10.6 Å². The van der Waals surface area contributed by atoms with Crippen molar-refractivity contribution in [1.82, 2.24) is 0 Å². The lowest BCUT2D eigenvalue weighted by molar-refractivity contribution is 0.103. The predicted octanol–water partition coefficient (Wildman–Crippen LogP) is 3.67. The van der Waals surface area contributed by atoms with E-state index in [1.54, 1.807) is 30.5 Å². The molecule has 88 valence electrons. The Morgan fingerprint density at radius 1 is 1.41 bits per heavy atom. The highest BCUT2D eigenvalue weighted by atomic mass is 35.5. The summed E-state index contributed by atoms with van der Waals surface area (Å²) in [5.41, 5.74) is 1.31. The molecule has 5 heteroatoms. The Morgan fingerprint density at radius 3 is 2.76 bits per heavy atom. The standard InChI is InChI=1S/C12H10ClNO2S/c1-7-2-3-8(6-10(7)15)14-12(16)11-9(13)4-5-17-11/h2-6,15H,1H3,(H,14,16). The van der Waals surface area contributed by atoms with E-state index in [2.05, 4.69) is 5.32 Å². The second-order valence-corrected chi connectivity index (χ2v) is 4.88. The number of aryl methyl sites for hydroxylation is 1. The maximum atomic E-state index is 11.8. The Kier molecular flexibility index (Phi) is 3.36. The molecule has 0 saturated carbocycles. The van der Waals surface area contributed by atoms with E-state index in [1.165, 1.54) is 17.4 Å². The number of aromatic hydroxyl groups is 1. The van der Waals surface area contributed by atoms with Crippen LogP contribution < -0.4 is 5.32 Å². The fraction of sp³-hybridized carbons (Fsp3) is 0.0833. The average molecular weight is 268 g/mol. The van der Waals surface area contributed by atoms with Crippen LogP contribution >= 0.6 is 22.9 Å². The highest BCUT2D eigenvalue weighted by Crippen LogP contribution is 2.25. The van der Waals surface area contributed by atoms with Crippen molar-refractivity contribution in [2.45, 2.75) is 6.92 Å². The van der Waals surface area contributed by atoms with E-state index in [-0.39, 0.29) is 11.7 Å². The molecule has 2 N–H and O–H groups in total. The molecule has 0 spiro atoms. The second-order valence-electron chi connectivity index (χ2n) is 3.55. The minimum atomic E-state index is -0.270. The molecule has 0 saturated heterocycles. The van der Waals surface area contributed by atoms with Gasteiger partial charge in [0.15, 0.2) is 0 Å². The number of carbonyl (C=O) groups excluding carboxylic acids is 1. The van der Waals surface area contributed by atoms with Gasteiger partial charge in [-0.05, 0) is 30.0 Å². The van der Waals surface area contributed by atoms with E-state index in [9.17, 15) is 9.90 Å². The molecule has 2 rings (SSSR count). The topological polar surface area (TPSA) is 49.3 Å². The summed E-state index contributed by atoms with van der Waals surface area (Å²) in [4.78, 5) is 12.3. The van der Waals surface area contributed by atoms with Crippen LogP contribution in [0.15, 0.2) is 29.6 Å². The molecule has 0 aliphatic heterocycles. The molecule has 0 unspecified atom stereocenters. The van der Waals surface area contributed by atoms with Gasteiger partial charge in [-0.3, -0.25) is 4.79 Å². The van der Waals surface area contributed by atoms with Gasteiger partial charge >= 0.3 is 0 Å². The Labute approximate surface area is 108 Å². The van der Waals surface area contributed by atoms with Crippen LogP contribution in [-0.2, 0) is 0 Å². The van der Waals surface area contributed by atoms with Gasteiger partial charge in [-0.1, -0.05) is 17.7 Å². The number of anilines is 1. The fourth-order valence-electron chi connectivity index (χ4n) is 1.33. The van der Waals surface area contributed by atoms with Gasteiger partial charge < -0.3 is 10.4 Å². The zero-order valence-electron chi connectivity index (χ0n) is 9.03. The van der Waals surface area contributed by atoms with Crippen LogP contribution in [-0.4, -0.2) is 11.0 Å². The molecule has 1 aromatic carbocycles. The highest BCUT2D eigenvalue weighted by Gasteiger charge is 2.12. The molecule has 1 heterocycles. The third kappa shape index (κ3) is 2.60. The van der Waals surface area contributed by atoms with E-state index in [0.29, 0.717) is 15.6 Å². The molecule has 17 heavy (non-hydrogen) atoms. The number of nitrogens with one attached hydrogen (secondary N) is 1. The van der Waals surface area contributed by atoms with Crippen molar-refractivity contribution >= 4 is 34.5 Å². The van der Waals surface area contributed by atoms with Crippen molar-refractivity contribution in [2.75, 3.05) is 5.32 Å². The van der Waals surface area contributed by atoms with Crippen molar-refractivity contribution in [3.8, 4) is 5.75 Å². The van der Waals surface area contributed by atoms with Gasteiger partial charge in [-0.15, -0.1) is 11.3 Å². The van der Waals surface area contributed by atoms with Gasteiger partial charge in [0.05, 0.1) is 5.02 Å². The lowest BCUT2D eigenvalue weighted by atomic mass is 10.2. The number of hydrogen-bond donors (Lipinski definition) is 2. The zero-order valence-corrected chi connectivity index (χ0v) is 10.6. The van der Waals surface area contributed by atoms with Crippen LogP contribution in [0.4, 0.5) is 5.69 Å². The van der Waals surface area contributed by atoms with E-state index in [1.807, 2.05) is 0 Å². The number of carbonyl (C=O) groups is 1. The number of phenolic OH excluding ortho intramolecular Hbond substituents is 1. The number of benzene rings is 1. The van der Waals surface area contributed by atoms with Gasteiger partial charge in [0, 0.05) is 11.8 Å². The van der Waals surface area contributed by atoms with Crippen molar-refractivity contribution in [2.24, 2.45) is 0 Å². The number of thiophene rings is 1. The summed E-state index contributed by atoms with van der Waals surface area (Å²) in [6.07, 6.45) is 0. The zero-order chi connectivity index (χ0) is 12.4. The molecule has 0 radical (unpaired) electrons. The maximum Gasteiger partial charge on any atom is 0.267 e. The molecule has 0 fully saturated rings. The van der Waals surface area contributed by atoms with Gasteiger partial charge in [0.2, 0.25) is 0 Å².